The number of rotatable bonds is 0. The Morgan fingerprint density at radius 3 is 2.85 bits per heavy atom. The first-order valence-electron chi connectivity index (χ1n) is 3.87. The molecular formula is C9H9ClFIO. The van der Waals surface area contributed by atoms with E-state index in [1.807, 2.05) is 13.8 Å². The van der Waals surface area contributed by atoms with Crippen molar-refractivity contribution in [3.8, 4) is 0 Å². The van der Waals surface area contributed by atoms with Crippen molar-refractivity contribution in [1.29, 1.82) is 0 Å². The molecule has 0 fully saturated rings. The first kappa shape index (κ1) is 9.68. The Morgan fingerprint density at radius 1 is 1.46 bits per heavy atom. The van der Waals surface area contributed by atoms with Gasteiger partial charge in [0.05, 0.1) is 0 Å². The molecule has 1 aliphatic heterocycles. The summed E-state index contributed by atoms with van der Waals surface area (Å²) in [5.74, 6) is -0.224. The van der Waals surface area contributed by atoms with Crippen LogP contribution in [0.4, 0.5) is 4.39 Å². The van der Waals surface area contributed by atoms with Crippen molar-refractivity contribution in [1.82, 2.24) is 0 Å². The van der Waals surface area contributed by atoms with Gasteiger partial charge in [-0.25, -0.2) is 0 Å². The maximum absolute atomic E-state index is 13.0. The molecule has 0 radical (unpaired) electrons. The number of fused-ring (bicyclic) bond motifs is 1. The Kier molecular flexibility index (Phi) is 2.28. The third kappa shape index (κ3) is 1.57. The van der Waals surface area contributed by atoms with Gasteiger partial charge in [0.2, 0.25) is 0 Å². The minimum absolute atomic E-state index is 0.224. The summed E-state index contributed by atoms with van der Waals surface area (Å²) in [4.78, 5) is 0. The number of hydrogen-bond donors (Lipinski definition) is 0. The zero-order valence-corrected chi connectivity index (χ0v) is 10.2. The van der Waals surface area contributed by atoms with Crippen molar-refractivity contribution in [3.63, 3.8) is 0 Å². The third-order valence-electron chi connectivity index (χ3n) is 2.00. The van der Waals surface area contributed by atoms with E-state index >= 15 is 0 Å². The van der Waals surface area contributed by atoms with E-state index < -0.39 is 24.7 Å². The van der Waals surface area contributed by atoms with Crippen LogP contribution in [0, 0.1) is 9.39 Å². The van der Waals surface area contributed by atoms with Crippen LogP contribution in [0.5, 0.6) is 0 Å². The minimum atomic E-state index is -1.96. The molecule has 13 heavy (non-hydrogen) atoms. The molecule has 0 bridgehead atoms. The van der Waals surface area contributed by atoms with Gasteiger partial charge in [0.15, 0.2) is 0 Å². The molecule has 0 atom stereocenters. The zero-order chi connectivity index (χ0) is 9.64. The molecule has 4 heteroatoms. The Labute approximate surface area is 87.9 Å². The van der Waals surface area contributed by atoms with Gasteiger partial charge in [-0.15, -0.1) is 0 Å². The molecule has 1 aromatic carbocycles. The van der Waals surface area contributed by atoms with E-state index in [1.54, 1.807) is 6.07 Å². The summed E-state index contributed by atoms with van der Waals surface area (Å²) in [5.41, 5.74) is 0.497. The zero-order valence-electron chi connectivity index (χ0n) is 7.27. The maximum atomic E-state index is 13.0. The number of halogens is 3. The van der Waals surface area contributed by atoms with Gasteiger partial charge in [0.25, 0.3) is 0 Å². The van der Waals surface area contributed by atoms with E-state index in [0.717, 1.165) is 9.13 Å². The molecular weight excluding hydrogens is 305 g/mol. The van der Waals surface area contributed by atoms with Crippen molar-refractivity contribution in [3.05, 3.63) is 33.1 Å². The Morgan fingerprint density at radius 2 is 2.15 bits per heavy atom. The molecule has 1 aromatic rings. The predicted octanol–water partition coefficient (Wildman–Crippen LogP) is 3.84. The normalized spacial score (nSPS) is 21.7. The second kappa shape index (κ2) is 3.07. The van der Waals surface area contributed by atoms with Gasteiger partial charge in [0.1, 0.15) is 0 Å². The standard InChI is InChI=1S/C9H9ClFIO/c1-9(2)7-5-6(11)3-4-8(7)12(10)13-9/h3-5H,1-2H3. The molecule has 1 heterocycles. The summed E-state index contributed by atoms with van der Waals surface area (Å²) in [6, 6.07) is 4.71. The topological polar surface area (TPSA) is 9.23 Å². The van der Waals surface area contributed by atoms with Crippen LogP contribution in [-0.4, -0.2) is 0 Å². The van der Waals surface area contributed by atoms with Crippen LogP contribution in [0.2, 0.25) is 0 Å². The van der Waals surface area contributed by atoms with Crippen LogP contribution >= 0.6 is 28.0 Å². The third-order valence-corrected chi connectivity index (χ3v) is 6.76. The fourth-order valence-electron chi connectivity index (χ4n) is 1.34. The van der Waals surface area contributed by atoms with Crippen LogP contribution in [-0.2, 0) is 8.67 Å². The molecule has 0 saturated heterocycles. The molecule has 0 amide bonds. The summed E-state index contributed by atoms with van der Waals surface area (Å²) < 4.78 is 19.6. The predicted molar refractivity (Wildman–Crippen MR) is 59.1 cm³/mol. The van der Waals surface area contributed by atoms with E-state index in [1.165, 1.54) is 12.1 Å². The Bertz CT molecular complexity index is 353. The SMILES string of the molecule is CC1(C)OI(Cl)c2ccc(F)cc21. The molecule has 72 valence electrons. The van der Waals surface area contributed by atoms with Gasteiger partial charge in [-0.05, 0) is 0 Å². The van der Waals surface area contributed by atoms with Crippen molar-refractivity contribution in [2.24, 2.45) is 0 Å². The van der Waals surface area contributed by atoms with Crippen LogP contribution in [0.3, 0.4) is 0 Å². The van der Waals surface area contributed by atoms with Crippen molar-refractivity contribution < 1.29 is 7.46 Å². The first-order chi connectivity index (χ1) is 6.00. The molecule has 0 aromatic heterocycles. The van der Waals surface area contributed by atoms with Crippen molar-refractivity contribution in [2.45, 2.75) is 19.4 Å². The molecule has 0 N–H and O–H groups in total. The molecule has 0 saturated carbocycles. The average molecular weight is 315 g/mol. The monoisotopic (exact) mass is 314 g/mol. The second-order valence-electron chi connectivity index (χ2n) is 3.42. The first-order valence-corrected chi connectivity index (χ1v) is 8.56. The molecule has 0 aliphatic carbocycles. The van der Waals surface area contributed by atoms with E-state index in [9.17, 15) is 4.39 Å². The van der Waals surface area contributed by atoms with Gasteiger partial charge in [-0.3, -0.25) is 0 Å². The summed E-state index contributed by atoms with van der Waals surface area (Å²) in [6.07, 6.45) is 0. The van der Waals surface area contributed by atoms with Crippen LogP contribution < -0.4 is 0 Å². The number of hydrogen-bond acceptors (Lipinski definition) is 1. The summed E-state index contributed by atoms with van der Waals surface area (Å²) in [6.45, 7) is 3.84. The van der Waals surface area contributed by atoms with Gasteiger partial charge < -0.3 is 0 Å². The van der Waals surface area contributed by atoms with Crippen molar-refractivity contribution >= 4 is 28.0 Å². The van der Waals surface area contributed by atoms with Gasteiger partial charge in [0, 0.05) is 0 Å². The molecule has 1 aliphatic rings. The molecule has 2 rings (SSSR count). The van der Waals surface area contributed by atoms with Gasteiger partial charge in [-0.1, -0.05) is 0 Å². The summed E-state index contributed by atoms with van der Waals surface area (Å²) in [5, 5.41) is 0. The number of benzene rings is 1. The fraction of sp³-hybridized carbons (Fsp3) is 0.333. The summed E-state index contributed by atoms with van der Waals surface area (Å²) in [7, 11) is 6.09. The Balaban J connectivity index is 2.60. The van der Waals surface area contributed by atoms with Crippen LogP contribution in [0.1, 0.15) is 19.4 Å². The van der Waals surface area contributed by atoms with Crippen LogP contribution in [0.25, 0.3) is 0 Å². The van der Waals surface area contributed by atoms with Gasteiger partial charge in [-0.2, -0.15) is 0 Å². The molecule has 1 nitrogen and oxygen atoms in total. The van der Waals surface area contributed by atoms with Gasteiger partial charge >= 0.3 is 88.1 Å². The molecule has 0 unspecified atom stereocenters. The quantitative estimate of drug-likeness (QED) is 0.661. The Hall–Kier alpha value is 0.130. The van der Waals surface area contributed by atoms with E-state index in [4.69, 9.17) is 12.0 Å². The fourth-order valence-corrected chi connectivity index (χ4v) is 6.32. The summed E-state index contributed by atoms with van der Waals surface area (Å²) >= 11 is -1.96. The van der Waals surface area contributed by atoms with E-state index in [-0.39, 0.29) is 5.82 Å². The average Bonchev–Trinajstić information content (AvgIpc) is 2.23. The van der Waals surface area contributed by atoms with Crippen molar-refractivity contribution in [2.75, 3.05) is 0 Å². The molecule has 0 spiro atoms. The van der Waals surface area contributed by atoms with E-state index in [2.05, 4.69) is 0 Å². The van der Waals surface area contributed by atoms with Crippen LogP contribution in [0.15, 0.2) is 18.2 Å². The second-order valence-corrected chi connectivity index (χ2v) is 7.94. The van der Waals surface area contributed by atoms with E-state index in [0.29, 0.717) is 0 Å².